The van der Waals surface area contributed by atoms with Crippen LogP contribution in [0.3, 0.4) is 0 Å². The quantitative estimate of drug-likeness (QED) is 0.279. The van der Waals surface area contributed by atoms with E-state index in [1.54, 1.807) is 20.8 Å². The molecule has 1 unspecified atom stereocenters. The number of nitrogens with zero attached hydrogens (tertiary/aromatic N) is 2. The van der Waals surface area contributed by atoms with Crippen LogP contribution in [0.4, 0.5) is 16.2 Å². The lowest BCUT2D eigenvalue weighted by Crippen LogP contribution is -2.34. The molecule has 0 heterocycles. The summed E-state index contributed by atoms with van der Waals surface area (Å²) in [6.07, 6.45) is -2.06. The number of nitro groups is 2. The SMILES string of the molecule is CC(C)(C)OC(=O)NCC(O)c1ccc(OC(=O)c2ccc([N+](=O)[O-])cc2)c([N+](=O)[O-])c1. The number of non-ortho nitro benzene ring substituents is 1. The molecule has 32 heavy (non-hydrogen) atoms. The summed E-state index contributed by atoms with van der Waals surface area (Å²) in [6, 6.07) is 7.96. The number of aliphatic hydroxyl groups excluding tert-OH is 1. The zero-order valence-electron chi connectivity index (χ0n) is 17.4. The molecule has 2 rings (SSSR count). The minimum Gasteiger partial charge on any atom is -0.444 e. The van der Waals surface area contributed by atoms with Crippen molar-refractivity contribution in [2.24, 2.45) is 0 Å². The van der Waals surface area contributed by atoms with Gasteiger partial charge in [-0.1, -0.05) is 6.07 Å². The average molecular weight is 447 g/mol. The van der Waals surface area contributed by atoms with Gasteiger partial charge in [-0.05, 0) is 44.5 Å². The van der Waals surface area contributed by atoms with Crippen molar-refractivity contribution in [3.8, 4) is 5.75 Å². The van der Waals surface area contributed by atoms with E-state index in [9.17, 15) is 34.9 Å². The zero-order valence-corrected chi connectivity index (χ0v) is 17.4. The first-order valence-corrected chi connectivity index (χ1v) is 9.27. The highest BCUT2D eigenvalue weighted by molar-refractivity contribution is 5.91. The predicted molar refractivity (Wildman–Crippen MR) is 110 cm³/mol. The number of carbonyl (C=O) groups excluding carboxylic acids is 2. The average Bonchev–Trinajstić information content (AvgIpc) is 2.70. The standard InChI is InChI=1S/C20H21N3O9/c1-20(2,3)32-19(26)21-11-16(24)13-6-9-17(15(10-13)23(29)30)31-18(25)12-4-7-14(8-5-12)22(27)28/h4-10,16,24H,11H2,1-3H3,(H,21,26). The molecule has 1 atom stereocenters. The van der Waals surface area contributed by atoms with Gasteiger partial charge in [-0.3, -0.25) is 20.2 Å². The molecule has 2 aromatic carbocycles. The highest BCUT2D eigenvalue weighted by Crippen LogP contribution is 2.31. The smallest absolute Gasteiger partial charge is 0.407 e. The van der Waals surface area contributed by atoms with Gasteiger partial charge in [0, 0.05) is 18.2 Å². The number of ether oxygens (including phenoxy) is 2. The molecule has 0 aliphatic carbocycles. The molecule has 0 saturated heterocycles. The topological polar surface area (TPSA) is 171 Å². The highest BCUT2D eigenvalue weighted by atomic mass is 16.6. The number of hydrogen-bond donors (Lipinski definition) is 2. The summed E-state index contributed by atoms with van der Waals surface area (Å²) >= 11 is 0. The van der Waals surface area contributed by atoms with E-state index in [4.69, 9.17) is 9.47 Å². The Morgan fingerprint density at radius 1 is 1.06 bits per heavy atom. The van der Waals surface area contributed by atoms with Crippen LogP contribution in [0.5, 0.6) is 5.75 Å². The normalized spacial score (nSPS) is 11.9. The number of alkyl carbamates (subject to hydrolysis) is 1. The van der Waals surface area contributed by atoms with Gasteiger partial charge in [0.25, 0.3) is 5.69 Å². The van der Waals surface area contributed by atoms with Gasteiger partial charge < -0.3 is 19.9 Å². The number of hydrogen-bond acceptors (Lipinski definition) is 9. The van der Waals surface area contributed by atoms with Gasteiger partial charge in [0.1, 0.15) is 5.60 Å². The zero-order chi connectivity index (χ0) is 24.1. The Hall–Kier alpha value is -4.06. The lowest BCUT2D eigenvalue weighted by atomic mass is 10.1. The van der Waals surface area contributed by atoms with Crippen molar-refractivity contribution >= 4 is 23.4 Å². The van der Waals surface area contributed by atoms with E-state index >= 15 is 0 Å². The van der Waals surface area contributed by atoms with Crippen molar-refractivity contribution in [3.63, 3.8) is 0 Å². The van der Waals surface area contributed by atoms with Gasteiger partial charge in [0.15, 0.2) is 0 Å². The Morgan fingerprint density at radius 2 is 1.69 bits per heavy atom. The van der Waals surface area contributed by atoms with Crippen molar-refractivity contribution in [3.05, 3.63) is 73.8 Å². The number of carbonyl (C=O) groups is 2. The Morgan fingerprint density at radius 3 is 2.22 bits per heavy atom. The molecule has 2 N–H and O–H groups in total. The lowest BCUT2D eigenvalue weighted by Gasteiger charge is -2.20. The van der Waals surface area contributed by atoms with Crippen LogP contribution in [0, 0.1) is 20.2 Å². The van der Waals surface area contributed by atoms with E-state index in [0.717, 1.165) is 36.4 Å². The van der Waals surface area contributed by atoms with Gasteiger partial charge in [0.2, 0.25) is 5.75 Å². The molecular formula is C20H21N3O9. The third-order valence-electron chi connectivity index (χ3n) is 3.92. The third-order valence-corrected chi connectivity index (χ3v) is 3.92. The summed E-state index contributed by atoms with van der Waals surface area (Å²) in [5, 5.41) is 34.7. The number of nitro benzene ring substituents is 2. The molecule has 2 aromatic rings. The molecule has 0 bridgehead atoms. The fourth-order valence-corrected chi connectivity index (χ4v) is 2.46. The monoisotopic (exact) mass is 447 g/mol. The maximum atomic E-state index is 12.3. The summed E-state index contributed by atoms with van der Waals surface area (Å²) in [5.41, 5.74) is -1.50. The second kappa shape index (κ2) is 9.83. The molecule has 0 fully saturated rings. The summed E-state index contributed by atoms with van der Waals surface area (Å²) in [4.78, 5) is 44.6. The molecule has 0 spiro atoms. The van der Waals surface area contributed by atoms with Crippen LogP contribution in [-0.4, -0.2) is 39.2 Å². The Labute approximate surface area is 182 Å². The van der Waals surface area contributed by atoms with Crippen molar-refractivity contribution in [1.29, 1.82) is 0 Å². The molecule has 1 amide bonds. The minimum absolute atomic E-state index is 0.0458. The fraction of sp³-hybridized carbons (Fsp3) is 0.300. The van der Waals surface area contributed by atoms with Crippen molar-refractivity contribution in [2.45, 2.75) is 32.5 Å². The number of aliphatic hydroxyl groups is 1. The first-order valence-electron chi connectivity index (χ1n) is 9.27. The maximum absolute atomic E-state index is 12.3. The van der Waals surface area contributed by atoms with Crippen LogP contribution < -0.4 is 10.1 Å². The number of rotatable bonds is 7. The predicted octanol–water partition coefficient (Wildman–Crippen LogP) is 3.28. The number of benzene rings is 2. The highest BCUT2D eigenvalue weighted by Gasteiger charge is 2.23. The van der Waals surface area contributed by atoms with Crippen LogP contribution in [0.25, 0.3) is 0 Å². The molecular weight excluding hydrogens is 426 g/mol. The van der Waals surface area contributed by atoms with Crippen LogP contribution in [0.15, 0.2) is 42.5 Å². The largest absolute Gasteiger partial charge is 0.444 e. The first-order chi connectivity index (χ1) is 14.9. The summed E-state index contributed by atoms with van der Waals surface area (Å²) in [5.74, 6) is -1.34. The van der Waals surface area contributed by atoms with Gasteiger partial charge in [-0.2, -0.15) is 0 Å². The van der Waals surface area contributed by atoms with Crippen molar-refractivity contribution < 1.29 is 34.0 Å². The molecule has 12 heteroatoms. The van der Waals surface area contributed by atoms with Crippen molar-refractivity contribution in [2.75, 3.05) is 6.54 Å². The van der Waals surface area contributed by atoms with Crippen LogP contribution >= 0.6 is 0 Å². The van der Waals surface area contributed by atoms with Gasteiger partial charge in [-0.25, -0.2) is 9.59 Å². The number of amides is 1. The maximum Gasteiger partial charge on any atom is 0.407 e. The first kappa shape index (κ1) is 24.2. The van der Waals surface area contributed by atoms with Gasteiger partial charge >= 0.3 is 17.7 Å². The van der Waals surface area contributed by atoms with E-state index in [1.165, 1.54) is 6.07 Å². The Bertz CT molecular complexity index is 1030. The molecule has 0 aromatic heterocycles. The lowest BCUT2D eigenvalue weighted by molar-refractivity contribution is -0.385. The van der Waals surface area contributed by atoms with Crippen molar-refractivity contribution in [1.82, 2.24) is 5.32 Å². The second-order valence-corrected chi connectivity index (χ2v) is 7.58. The summed E-state index contributed by atoms with van der Waals surface area (Å²) in [6.45, 7) is 4.74. The third kappa shape index (κ3) is 6.74. The Kier molecular flexibility index (Phi) is 7.44. The number of esters is 1. The molecule has 0 saturated carbocycles. The summed E-state index contributed by atoms with van der Waals surface area (Å²) in [7, 11) is 0. The van der Waals surface area contributed by atoms with Gasteiger partial charge in [-0.15, -0.1) is 0 Å². The van der Waals surface area contributed by atoms with Gasteiger partial charge in [0.05, 0.1) is 28.1 Å². The van der Waals surface area contributed by atoms with E-state index in [1.807, 2.05) is 0 Å². The van der Waals surface area contributed by atoms with Crippen LogP contribution in [0.2, 0.25) is 0 Å². The van der Waals surface area contributed by atoms with E-state index < -0.39 is 39.3 Å². The second-order valence-electron chi connectivity index (χ2n) is 7.58. The molecule has 170 valence electrons. The number of nitrogens with one attached hydrogen (secondary N) is 1. The van der Waals surface area contributed by atoms with Crippen LogP contribution in [0.1, 0.15) is 42.8 Å². The summed E-state index contributed by atoms with van der Waals surface area (Å²) < 4.78 is 10.1. The van der Waals surface area contributed by atoms with E-state index in [-0.39, 0.29) is 29.1 Å². The Balaban J connectivity index is 2.13. The molecule has 0 radical (unpaired) electrons. The molecule has 12 nitrogen and oxygen atoms in total. The van der Waals surface area contributed by atoms with E-state index in [0.29, 0.717) is 0 Å². The minimum atomic E-state index is -1.29. The van der Waals surface area contributed by atoms with Crippen LogP contribution in [-0.2, 0) is 4.74 Å². The molecule has 0 aliphatic heterocycles. The molecule has 0 aliphatic rings. The van der Waals surface area contributed by atoms with E-state index in [2.05, 4.69) is 5.32 Å². The fourth-order valence-electron chi connectivity index (χ4n) is 2.46.